The van der Waals surface area contributed by atoms with Crippen LogP contribution in [0.2, 0.25) is 0 Å². The molecule has 0 aromatic carbocycles. The lowest BCUT2D eigenvalue weighted by atomic mass is 10.0. The van der Waals surface area contributed by atoms with E-state index in [1.165, 1.54) is 0 Å². The summed E-state index contributed by atoms with van der Waals surface area (Å²) < 4.78 is 25.7. The van der Waals surface area contributed by atoms with Crippen LogP contribution in [0.3, 0.4) is 0 Å². The summed E-state index contributed by atoms with van der Waals surface area (Å²) in [6.07, 6.45) is 3.25. The summed E-state index contributed by atoms with van der Waals surface area (Å²) in [4.78, 5) is 11.5. The van der Waals surface area contributed by atoms with Crippen molar-refractivity contribution in [3.63, 3.8) is 0 Å². The van der Waals surface area contributed by atoms with Crippen LogP contribution < -0.4 is 5.90 Å². The van der Waals surface area contributed by atoms with Gasteiger partial charge in [-0.05, 0) is 6.42 Å². The molecule has 0 saturated heterocycles. The van der Waals surface area contributed by atoms with E-state index in [0.29, 0.717) is 6.42 Å². The molecule has 0 saturated carbocycles. The first-order valence-electron chi connectivity index (χ1n) is 5.06. The number of Topliss-reactive ketones (excluding diaryl/α,β-unsaturated/α-hetero) is 1. The highest BCUT2D eigenvalue weighted by Crippen LogP contribution is 2.09. The van der Waals surface area contributed by atoms with E-state index in [4.69, 9.17) is 0 Å². The third kappa shape index (κ3) is 6.59. The normalized spacial score (nSPS) is 13.8. The molecule has 0 spiro atoms. The second-order valence-electron chi connectivity index (χ2n) is 3.65. The van der Waals surface area contributed by atoms with E-state index in [1.807, 2.05) is 6.92 Å². The first kappa shape index (κ1) is 14.5. The van der Waals surface area contributed by atoms with Gasteiger partial charge in [0.05, 0.1) is 5.75 Å². The Morgan fingerprint density at radius 2 is 2.00 bits per heavy atom. The number of unbranched alkanes of at least 4 members (excludes halogenated alkanes) is 2. The van der Waals surface area contributed by atoms with Crippen molar-refractivity contribution in [2.45, 2.75) is 39.5 Å². The fraction of sp³-hybridized carbons (Fsp3) is 0.889. The van der Waals surface area contributed by atoms with E-state index in [9.17, 15) is 13.2 Å². The molecule has 0 aliphatic carbocycles. The van der Waals surface area contributed by atoms with E-state index in [0.717, 1.165) is 19.3 Å². The van der Waals surface area contributed by atoms with Gasteiger partial charge in [0.1, 0.15) is 5.78 Å². The average Bonchev–Trinajstić information content (AvgIpc) is 2.17. The Morgan fingerprint density at radius 1 is 1.40 bits per heavy atom. The maximum Gasteiger partial charge on any atom is 0.283 e. The molecule has 6 heteroatoms. The maximum absolute atomic E-state index is 11.5. The van der Waals surface area contributed by atoms with Crippen LogP contribution in [0, 0.1) is 5.92 Å². The summed E-state index contributed by atoms with van der Waals surface area (Å²) in [5.41, 5.74) is 0. The Balaban J connectivity index is 4.00. The molecule has 0 radical (unpaired) electrons. The van der Waals surface area contributed by atoms with Crippen molar-refractivity contribution < 1.29 is 17.5 Å². The third-order valence-corrected chi connectivity index (χ3v) is 3.38. The fourth-order valence-electron chi connectivity index (χ4n) is 1.23. The monoisotopic (exact) mass is 237 g/mol. The lowest BCUT2D eigenvalue weighted by Gasteiger charge is -2.08. The topological polar surface area (TPSA) is 86.5 Å². The molecule has 1 atom stereocenters. The summed E-state index contributed by atoms with van der Waals surface area (Å²) in [6.45, 7) is 3.62. The van der Waals surface area contributed by atoms with Crippen LogP contribution in [0.15, 0.2) is 0 Å². The minimum absolute atomic E-state index is 0.0518. The van der Waals surface area contributed by atoms with E-state index in [-0.39, 0.29) is 11.5 Å². The predicted octanol–water partition coefficient (Wildman–Crippen LogP) is 0.992. The zero-order valence-electron chi connectivity index (χ0n) is 9.23. The summed E-state index contributed by atoms with van der Waals surface area (Å²) >= 11 is 0. The van der Waals surface area contributed by atoms with Gasteiger partial charge in [-0.25, -0.2) is 0 Å². The molecule has 0 amide bonds. The number of ketones is 1. The second-order valence-corrected chi connectivity index (χ2v) is 5.29. The summed E-state index contributed by atoms with van der Waals surface area (Å²) in [7, 11) is -3.74. The van der Waals surface area contributed by atoms with Crippen LogP contribution in [0.25, 0.3) is 0 Å². The van der Waals surface area contributed by atoms with Gasteiger partial charge in [0.15, 0.2) is 0 Å². The minimum atomic E-state index is -3.74. The zero-order valence-corrected chi connectivity index (χ0v) is 10.0. The van der Waals surface area contributed by atoms with Gasteiger partial charge in [-0.3, -0.25) is 4.79 Å². The van der Waals surface area contributed by atoms with E-state index in [2.05, 4.69) is 10.2 Å². The standard InChI is InChI=1S/C9H19NO4S/c1-3-4-5-6-9(11)8(2)7-15(12,13)14-10/h8H,3-7,10H2,1-2H3. The quantitative estimate of drug-likeness (QED) is 0.502. The highest BCUT2D eigenvalue weighted by Gasteiger charge is 2.20. The average molecular weight is 237 g/mol. The Labute approximate surface area is 91.1 Å². The van der Waals surface area contributed by atoms with Crippen molar-refractivity contribution in [2.24, 2.45) is 11.8 Å². The molecule has 0 aromatic rings. The van der Waals surface area contributed by atoms with Crippen molar-refractivity contribution in [3.8, 4) is 0 Å². The molecule has 15 heavy (non-hydrogen) atoms. The van der Waals surface area contributed by atoms with Crippen molar-refractivity contribution >= 4 is 15.9 Å². The molecule has 0 fully saturated rings. The highest BCUT2D eigenvalue weighted by atomic mass is 32.2. The molecule has 0 aromatic heterocycles. The molecule has 1 unspecified atom stereocenters. The van der Waals surface area contributed by atoms with Crippen LogP contribution in [0.5, 0.6) is 0 Å². The van der Waals surface area contributed by atoms with Crippen LogP contribution in [-0.4, -0.2) is 20.0 Å². The van der Waals surface area contributed by atoms with Crippen molar-refractivity contribution in [3.05, 3.63) is 0 Å². The van der Waals surface area contributed by atoms with Gasteiger partial charge in [0, 0.05) is 12.3 Å². The molecule has 5 nitrogen and oxygen atoms in total. The van der Waals surface area contributed by atoms with Gasteiger partial charge < -0.3 is 0 Å². The first-order chi connectivity index (χ1) is 6.93. The fourth-order valence-corrected chi connectivity index (χ4v) is 2.11. The predicted molar refractivity (Wildman–Crippen MR) is 57.4 cm³/mol. The number of carbonyl (C=O) groups excluding carboxylic acids is 1. The second kappa shape index (κ2) is 6.92. The molecule has 90 valence electrons. The number of hydrogen-bond donors (Lipinski definition) is 1. The van der Waals surface area contributed by atoms with Crippen LogP contribution in [0.1, 0.15) is 39.5 Å². The smallest absolute Gasteiger partial charge is 0.283 e. The summed E-state index contributed by atoms with van der Waals surface area (Å²) in [6, 6.07) is 0. The Kier molecular flexibility index (Phi) is 6.71. The maximum atomic E-state index is 11.5. The lowest BCUT2D eigenvalue weighted by molar-refractivity contribution is -0.121. The largest absolute Gasteiger partial charge is 0.299 e. The van der Waals surface area contributed by atoms with E-state index in [1.54, 1.807) is 6.92 Å². The molecule has 0 rings (SSSR count). The number of carbonyl (C=O) groups is 1. The van der Waals surface area contributed by atoms with Crippen LogP contribution in [0.4, 0.5) is 0 Å². The molecular weight excluding hydrogens is 218 g/mol. The van der Waals surface area contributed by atoms with Gasteiger partial charge in [-0.2, -0.15) is 18.6 Å². The highest BCUT2D eigenvalue weighted by molar-refractivity contribution is 7.86. The van der Waals surface area contributed by atoms with E-state index >= 15 is 0 Å². The molecule has 0 heterocycles. The van der Waals surface area contributed by atoms with Gasteiger partial charge in [0.2, 0.25) is 0 Å². The summed E-state index contributed by atoms with van der Waals surface area (Å²) in [5.74, 6) is 3.64. The van der Waals surface area contributed by atoms with Crippen molar-refractivity contribution in [1.29, 1.82) is 0 Å². The molecule has 0 aliphatic rings. The van der Waals surface area contributed by atoms with Crippen molar-refractivity contribution in [1.82, 2.24) is 0 Å². The molecular formula is C9H19NO4S. The van der Waals surface area contributed by atoms with Crippen LogP contribution in [-0.2, 0) is 19.2 Å². The Bertz CT molecular complexity index is 286. The molecule has 0 bridgehead atoms. The SMILES string of the molecule is CCCCCC(=O)C(C)CS(=O)(=O)ON. The zero-order chi connectivity index (χ0) is 11.9. The van der Waals surface area contributed by atoms with E-state index < -0.39 is 16.0 Å². The lowest BCUT2D eigenvalue weighted by Crippen LogP contribution is -2.24. The first-order valence-corrected chi connectivity index (χ1v) is 6.64. The molecule has 0 aliphatic heterocycles. The number of hydrogen-bond acceptors (Lipinski definition) is 5. The van der Waals surface area contributed by atoms with Gasteiger partial charge in [-0.15, -0.1) is 0 Å². The minimum Gasteiger partial charge on any atom is -0.299 e. The van der Waals surface area contributed by atoms with Gasteiger partial charge in [-0.1, -0.05) is 26.7 Å². The van der Waals surface area contributed by atoms with Crippen LogP contribution >= 0.6 is 0 Å². The number of nitrogens with two attached hydrogens (primary N) is 1. The number of rotatable bonds is 8. The molecule has 2 N–H and O–H groups in total. The Morgan fingerprint density at radius 3 is 2.47 bits per heavy atom. The van der Waals surface area contributed by atoms with Crippen molar-refractivity contribution in [2.75, 3.05) is 5.75 Å². The third-order valence-electron chi connectivity index (χ3n) is 2.18. The van der Waals surface area contributed by atoms with Gasteiger partial charge in [0.25, 0.3) is 10.1 Å². The summed E-state index contributed by atoms with van der Waals surface area (Å²) in [5, 5.41) is 0. The Hall–Kier alpha value is -0.460. The van der Waals surface area contributed by atoms with Gasteiger partial charge >= 0.3 is 0 Å².